The number of hydrogen-bond acceptors (Lipinski definition) is 3. The van der Waals surface area contributed by atoms with Crippen molar-refractivity contribution in [2.24, 2.45) is 0 Å². The van der Waals surface area contributed by atoms with Crippen LogP contribution in [-0.4, -0.2) is 20.9 Å². The molecule has 0 heterocycles. The maximum atomic E-state index is 14.4. The van der Waals surface area contributed by atoms with Crippen LogP contribution >= 0.6 is 0 Å². The van der Waals surface area contributed by atoms with Crippen molar-refractivity contribution >= 4 is 21.6 Å². The minimum Gasteiger partial charge on any atom is -0.350 e. The highest BCUT2D eigenvalue weighted by molar-refractivity contribution is 7.92. The molecular formula is C21H18F2N2O3S. The van der Waals surface area contributed by atoms with E-state index in [0.717, 1.165) is 10.4 Å². The van der Waals surface area contributed by atoms with Crippen LogP contribution in [0.15, 0.2) is 83.8 Å². The Labute approximate surface area is 167 Å². The van der Waals surface area contributed by atoms with E-state index in [1.54, 1.807) is 18.2 Å². The summed E-state index contributed by atoms with van der Waals surface area (Å²) >= 11 is 0. The van der Waals surface area contributed by atoms with Gasteiger partial charge in [-0.3, -0.25) is 9.10 Å². The molecule has 0 aliphatic carbocycles. The Morgan fingerprint density at radius 1 is 0.862 bits per heavy atom. The molecule has 0 atom stereocenters. The van der Waals surface area contributed by atoms with Crippen LogP contribution in [0.4, 0.5) is 14.5 Å². The highest BCUT2D eigenvalue weighted by Crippen LogP contribution is 2.25. The van der Waals surface area contributed by atoms with Crippen molar-refractivity contribution < 1.29 is 22.0 Å². The fourth-order valence-corrected chi connectivity index (χ4v) is 4.11. The van der Waals surface area contributed by atoms with Gasteiger partial charge in [0.05, 0.1) is 10.6 Å². The van der Waals surface area contributed by atoms with Gasteiger partial charge in [-0.25, -0.2) is 17.2 Å². The average Bonchev–Trinajstić information content (AvgIpc) is 2.73. The summed E-state index contributed by atoms with van der Waals surface area (Å²) in [6, 6.07) is 18.4. The second-order valence-electron chi connectivity index (χ2n) is 6.18. The molecule has 150 valence electrons. The van der Waals surface area contributed by atoms with Gasteiger partial charge in [-0.2, -0.15) is 0 Å². The zero-order valence-corrected chi connectivity index (χ0v) is 16.1. The lowest BCUT2D eigenvalue weighted by molar-refractivity contribution is -0.119. The topological polar surface area (TPSA) is 66.5 Å². The predicted molar refractivity (Wildman–Crippen MR) is 106 cm³/mol. The first kappa shape index (κ1) is 20.5. The highest BCUT2D eigenvalue weighted by atomic mass is 32.2. The van der Waals surface area contributed by atoms with Gasteiger partial charge in [0.1, 0.15) is 18.2 Å². The van der Waals surface area contributed by atoms with E-state index in [2.05, 4.69) is 5.32 Å². The van der Waals surface area contributed by atoms with E-state index in [-0.39, 0.29) is 17.1 Å². The summed E-state index contributed by atoms with van der Waals surface area (Å²) < 4.78 is 54.2. The van der Waals surface area contributed by atoms with Crippen molar-refractivity contribution in [2.75, 3.05) is 10.8 Å². The molecule has 8 heteroatoms. The molecule has 3 aromatic rings. The Morgan fingerprint density at radius 2 is 1.48 bits per heavy atom. The van der Waals surface area contributed by atoms with Crippen LogP contribution in [0, 0.1) is 11.6 Å². The largest absolute Gasteiger partial charge is 0.350 e. The Morgan fingerprint density at radius 3 is 2.14 bits per heavy atom. The Balaban J connectivity index is 1.85. The van der Waals surface area contributed by atoms with Crippen molar-refractivity contribution in [3.63, 3.8) is 0 Å². The van der Waals surface area contributed by atoms with Gasteiger partial charge in [0.25, 0.3) is 10.0 Å². The maximum Gasteiger partial charge on any atom is 0.264 e. The van der Waals surface area contributed by atoms with Crippen LogP contribution in [0.3, 0.4) is 0 Å². The van der Waals surface area contributed by atoms with Gasteiger partial charge in [-0.15, -0.1) is 0 Å². The maximum absolute atomic E-state index is 14.4. The van der Waals surface area contributed by atoms with Crippen LogP contribution in [0.2, 0.25) is 0 Å². The standard InChI is InChI=1S/C21H18F2N2O3S/c22-17-12-10-16(11-13-17)14-24-21(26)15-25(20-9-5-4-8-19(20)23)29(27,28)18-6-2-1-3-7-18/h1-13H,14-15H2,(H,24,26). The quantitative estimate of drug-likeness (QED) is 0.641. The number of carbonyl (C=O) groups is 1. The van der Waals surface area contributed by atoms with Gasteiger partial charge in [0.2, 0.25) is 5.91 Å². The number of halogens is 2. The third-order valence-corrected chi connectivity index (χ3v) is 5.92. The molecule has 0 saturated carbocycles. The van der Waals surface area contributed by atoms with Gasteiger partial charge < -0.3 is 5.32 Å². The lowest BCUT2D eigenvalue weighted by atomic mass is 10.2. The van der Waals surface area contributed by atoms with E-state index >= 15 is 0 Å². The number of sulfonamides is 1. The minimum absolute atomic E-state index is 0.0606. The number of nitrogens with one attached hydrogen (secondary N) is 1. The first-order chi connectivity index (χ1) is 13.9. The van der Waals surface area contributed by atoms with Crippen LogP contribution in [-0.2, 0) is 21.4 Å². The monoisotopic (exact) mass is 416 g/mol. The number of rotatable bonds is 7. The van der Waals surface area contributed by atoms with Crippen molar-refractivity contribution in [3.05, 3.63) is 96.1 Å². The normalized spacial score (nSPS) is 11.1. The summed E-state index contributed by atoms with van der Waals surface area (Å²) in [7, 11) is -4.18. The highest BCUT2D eigenvalue weighted by Gasteiger charge is 2.28. The first-order valence-corrected chi connectivity index (χ1v) is 10.2. The zero-order chi connectivity index (χ0) is 20.9. The van der Waals surface area contributed by atoms with Crippen LogP contribution in [0.25, 0.3) is 0 Å². The molecule has 5 nitrogen and oxygen atoms in total. The van der Waals surface area contributed by atoms with Crippen molar-refractivity contribution in [3.8, 4) is 0 Å². The number of hydrogen-bond donors (Lipinski definition) is 1. The van der Waals surface area contributed by atoms with Gasteiger partial charge in [0, 0.05) is 6.54 Å². The smallest absolute Gasteiger partial charge is 0.264 e. The number of benzene rings is 3. The summed E-state index contributed by atoms with van der Waals surface area (Å²) in [6.45, 7) is -0.533. The van der Waals surface area contributed by atoms with Crippen LogP contribution < -0.4 is 9.62 Å². The third kappa shape index (κ3) is 4.97. The van der Waals surface area contributed by atoms with Crippen molar-refractivity contribution in [1.29, 1.82) is 0 Å². The fraction of sp³-hybridized carbons (Fsp3) is 0.0952. The molecule has 29 heavy (non-hydrogen) atoms. The minimum atomic E-state index is -4.18. The molecule has 0 fully saturated rings. The van der Waals surface area contributed by atoms with E-state index < -0.39 is 34.1 Å². The summed E-state index contributed by atoms with van der Waals surface area (Å²) in [5.41, 5.74) is 0.413. The summed E-state index contributed by atoms with van der Waals surface area (Å²) in [5, 5.41) is 2.57. The van der Waals surface area contributed by atoms with E-state index in [9.17, 15) is 22.0 Å². The third-order valence-electron chi connectivity index (χ3n) is 4.14. The molecule has 3 rings (SSSR count). The molecule has 0 saturated heterocycles. The zero-order valence-electron chi connectivity index (χ0n) is 15.3. The predicted octanol–water partition coefficient (Wildman–Crippen LogP) is 3.48. The molecule has 0 aliphatic rings. The molecule has 0 aliphatic heterocycles. The number of para-hydroxylation sites is 1. The van der Waals surface area contributed by atoms with Gasteiger partial charge in [-0.05, 0) is 42.0 Å². The molecule has 3 aromatic carbocycles. The molecule has 1 amide bonds. The molecule has 0 radical (unpaired) electrons. The summed E-state index contributed by atoms with van der Waals surface area (Å²) in [4.78, 5) is 12.4. The molecular weight excluding hydrogens is 398 g/mol. The number of amides is 1. The Bertz CT molecular complexity index is 1090. The molecule has 0 bridgehead atoms. The van der Waals surface area contributed by atoms with Crippen molar-refractivity contribution in [2.45, 2.75) is 11.4 Å². The van der Waals surface area contributed by atoms with Gasteiger partial charge in [0.15, 0.2) is 0 Å². The molecule has 0 spiro atoms. The lowest BCUT2D eigenvalue weighted by Gasteiger charge is -2.24. The fourth-order valence-electron chi connectivity index (χ4n) is 2.66. The molecule has 0 aromatic heterocycles. The van der Waals surface area contributed by atoms with E-state index in [1.165, 1.54) is 54.6 Å². The van der Waals surface area contributed by atoms with Crippen LogP contribution in [0.1, 0.15) is 5.56 Å². The number of anilines is 1. The Hall–Kier alpha value is -3.26. The SMILES string of the molecule is O=C(CN(c1ccccc1F)S(=O)(=O)c1ccccc1)NCc1ccc(F)cc1. The van der Waals surface area contributed by atoms with E-state index in [4.69, 9.17) is 0 Å². The van der Waals surface area contributed by atoms with Crippen molar-refractivity contribution in [1.82, 2.24) is 5.32 Å². The average molecular weight is 416 g/mol. The van der Waals surface area contributed by atoms with Gasteiger partial charge >= 0.3 is 0 Å². The Kier molecular flexibility index (Phi) is 6.23. The van der Waals surface area contributed by atoms with E-state index in [0.29, 0.717) is 5.56 Å². The number of carbonyl (C=O) groups excluding carboxylic acids is 1. The number of nitrogens with zero attached hydrogens (tertiary/aromatic N) is 1. The summed E-state index contributed by atoms with van der Waals surface area (Å²) in [6.07, 6.45) is 0. The van der Waals surface area contributed by atoms with Gasteiger partial charge in [-0.1, -0.05) is 42.5 Å². The first-order valence-electron chi connectivity index (χ1n) is 8.71. The molecule has 0 unspecified atom stereocenters. The van der Waals surface area contributed by atoms with Crippen LogP contribution in [0.5, 0.6) is 0 Å². The lowest BCUT2D eigenvalue weighted by Crippen LogP contribution is -2.41. The molecule has 1 N–H and O–H groups in total. The second-order valence-corrected chi connectivity index (χ2v) is 8.04. The summed E-state index contributed by atoms with van der Waals surface area (Å²) in [5.74, 6) is -1.80. The second kappa shape index (κ2) is 8.83. The van der Waals surface area contributed by atoms with E-state index in [1.807, 2.05) is 0 Å².